The quantitative estimate of drug-likeness (QED) is 0.667. The van der Waals surface area contributed by atoms with Crippen LogP contribution in [-0.4, -0.2) is 58.4 Å². The third kappa shape index (κ3) is 5.77. The first kappa shape index (κ1) is 23.1. The van der Waals surface area contributed by atoms with Gasteiger partial charge in [0.05, 0.1) is 25.3 Å². The number of hydrogen-bond donors (Lipinski definition) is 1. The summed E-state index contributed by atoms with van der Waals surface area (Å²) in [5, 5.41) is 5.01. The molecule has 1 aromatic heterocycles. The molecule has 2 N–H and O–H groups in total. The minimum atomic E-state index is -0.987. The fourth-order valence-electron chi connectivity index (χ4n) is 3.94. The molecule has 1 aromatic carbocycles. The summed E-state index contributed by atoms with van der Waals surface area (Å²) < 4.78 is 13.6. The first-order chi connectivity index (χ1) is 14.7. The number of aromatic nitrogens is 2. The van der Waals surface area contributed by atoms with E-state index in [1.165, 1.54) is 0 Å². The first-order valence-corrected chi connectivity index (χ1v) is 10.6. The smallest absolute Gasteiger partial charge is 0.223 e. The second kappa shape index (κ2) is 9.70. The predicted octanol–water partition coefficient (Wildman–Crippen LogP) is 2.17. The molecule has 0 unspecified atom stereocenters. The number of ether oxygens (including phenoxy) is 2. The molecular weight excluding hydrogens is 420 g/mol. The molecule has 1 aliphatic heterocycles. The zero-order valence-electron chi connectivity index (χ0n) is 18.2. The summed E-state index contributed by atoms with van der Waals surface area (Å²) >= 11 is 5.91. The van der Waals surface area contributed by atoms with E-state index in [1.54, 1.807) is 29.2 Å². The van der Waals surface area contributed by atoms with Crippen LogP contribution in [0.1, 0.15) is 29.8 Å². The third-order valence-electron chi connectivity index (χ3n) is 5.66. The van der Waals surface area contributed by atoms with Crippen molar-refractivity contribution in [3.8, 4) is 5.75 Å². The van der Waals surface area contributed by atoms with Gasteiger partial charge in [-0.25, -0.2) is 0 Å². The Morgan fingerprint density at radius 1 is 1.29 bits per heavy atom. The van der Waals surface area contributed by atoms with Crippen molar-refractivity contribution in [3.63, 3.8) is 0 Å². The van der Waals surface area contributed by atoms with E-state index < -0.39 is 11.5 Å². The maximum atomic E-state index is 13.0. The van der Waals surface area contributed by atoms with Gasteiger partial charge >= 0.3 is 0 Å². The molecule has 2 heterocycles. The van der Waals surface area contributed by atoms with Crippen LogP contribution in [0.3, 0.4) is 0 Å². The maximum Gasteiger partial charge on any atom is 0.223 e. The summed E-state index contributed by atoms with van der Waals surface area (Å²) in [5.41, 5.74) is 7.59. The van der Waals surface area contributed by atoms with E-state index in [0.717, 1.165) is 17.0 Å². The van der Waals surface area contributed by atoms with Crippen LogP contribution < -0.4 is 10.5 Å². The van der Waals surface area contributed by atoms with E-state index in [4.69, 9.17) is 26.8 Å². The van der Waals surface area contributed by atoms with Crippen LogP contribution >= 0.6 is 11.6 Å². The SMILES string of the molecule is Cc1nn(C)c(C)c1CCC(=O)N1CCO[C@](COc2ccc(Cl)cc2)(CC(N)=O)C1. The van der Waals surface area contributed by atoms with Crippen LogP contribution in [0.4, 0.5) is 0 Å². The molecule has 1 saturated heterocycles. The second-order valence-corrected chi connectivity index (χ2v) is 8.44. The number of hydrogen-bond acceptors (Lipinski definition) is 5. The number of halogens is 1. The lowest BCUT2D eigenvalue weighted by atomic mass is 9.97. The van der Waals surface area contributed by atoms with Gasteiger partial charge in [0, 0.05) is 30.7 Å². The number of nitrogens with zero attached hydrogens (tertiary/aromatic N) is 3. The number of nitrogens with two attached hydrogens (primary N) is 1. The van der Waals surface area contributed by atoms with Crippen LogP contribution in [0, 0.1) is 13.8 Å². The fourth-order valence-corrected chi connectivity index (χ4v) is 4.06. The van der Waals surface area contributed by atoms with Crippen molar-refractivity contribution in [1.82, 2.24) is 14.7 Å². The van der Waals surface area contributed by atoms with E-state index >= 15 is 0 Å². The summed E-state index contributed by atoms with van der Waals surface area (Å²) in [6.45, 7) is 5.07. The Kier molecular flexibility index (Phi) is 7.23. The zero-order chi connectivity index (χ0) is 22.6. The molecule has 0 radical (unpaired) electrons. The molecule has 0 saturated carbocycles. The van der Waals surface area contributed by atoms with E-state index in [9.17, 15) is 9.59 Å². The highest BCUT2D eigenvalue weighted by Crippen LogP contribution is 2.26. The molecular formula is C22H29ClN4O4. The van der Waals surface area contributed by atoms with E-state index in [1.807, 2.05) is 25.6 Å². The lowest BCUT2D eigenvalue weighted by molar-refractivity contribution is -0.161. The Morgan fingerprint density at radius 3 is 2.61 bits per heavy atom. The normalized spacial score (nSPS) is 18.8. The molecule has 3 rings (SSSR count). The first-order valence-electron chi connectivity index (χ1n) is 10.3. The third-order valence-corrected chi connectivity index (χ3v) is 5.91. The maximum absolute atomic E-state index is 13.0. The lowest BCUT2D eigenvalue weighted by Gasteiger charge is -2.42. The molecule has 1 aliphatic rings. The highest BCUT2D eigenvalue weighted by molar-refractivity contribution is 6.30. The average Bonchev–Trinajstić information content (AvgIpc) is 2.96. The Labute approximate surface area is 187 Å². The second-order valence-electron chi connectivity index (χ2n) is 8.01. The van der Waals surface area contributed by atoms with Crippen LogP contribution in [0.5, 0.6) is 5.75 Å². The minimum Gasteiger partial charge on any atom is -0.490 e. The van der Waals surface area contributed by atoms with Crippen molar-refractivity contribution in [2.24, 2.45) is 12.8 Å². The van der Waals surface area contributed by atoms with Gasteiger partial charge < -0.3 is 20.1 Å². The van der Waals surface area contributed by atoms with Gasteiger partial charge in [0.2, 0.25) is 11.8 Å². The van der Waals surface area contributed by atoms with Crippen molar-refractivity contribution < 1.29 is 19.1 Å². The molecule has 9 heteroatoms. The van der Waals surface area contributed by atoms with Gasteiger partial charge in [-0.05, 0) is 50.1 Å². The van der Waals surface area contributed by atoms with Gasteiger partial charge in [0.1, 0.15) is 18.0 Å². The largest absolute Gasteiger partial charge is 0.490 e. The molecule has 0 bridgehead atoms. The van der Waals surface area contributed by atoms with E-state index in [2.05, 4.69) is 5.10 Å². The summed E-state index contributed by atoms with van der Waals surface area (Å²) in [6, 6.07) is 6.92. The van der Waals surface area contributed by atoms with Gasteiger partial charge in [-0.3, -0.25) is 14.3 Å². The topological polar surface area (TPSA) is 99.7 Å². The molecule has 31 heavy (non-hydrogen) atoms. The summed E-state index contributed by atoms with van der Waals surface area (Å²) in [5.74, 6) is 0.102. The monoisotopic (exact) mass is 448 g/mol. The fraction of sp³-hybridized carbons (Fsp3) is 0.500. The Bertz CT molecular complexity index is 944. The van der Waals surface area contributed by atoms with Gasteiger partial charge in [-0.15, -0.1) is 0 Å². The molecule has 0 aliphatic carbocycles. The van der Waals surface area contributed by atoms with Crippen molar-refractivity contribution >= 4 is 23.4 Å². The van der Waals surface area contributed by atoms with Gasteiger partial charge in [-0.2, -0.15) is 5.10 Å². The Hall–Kier alpha value is -2.58. The number of rotatable bonds is 8. The van der Waals surface area contributed by atoms with Crippen LogP contribution in [0.15, 0.2) is 24.3 Å². The number of amides is 2. The number of morpholine rings is 1. The number of aryl methyl sites for hydroxylation is 2. The molecule has 168 valence electrons. The molecule has 0 spiro atoms. The van der Waals surface area contributed by atoms with Crippen molar-refractivity contribution in [1.29, 1.82) is 0 Å². The molecule has 2 aromatic rings. The summed E-state index contributed by atoms with van der Waals surface area (Å²) in [7, 11) is 1.90. The Balaban J connectivity index is 1.66. The molecule has 8 nitrogen and oxygen atoms in total. The van der Waals surface area contributed by atoms with Gasteiger partial charge in [0.15, 0.2) is 0 Å². The highest BCUT2D eigenvalue weighted by Gasteiger charge is 2.40. The van der Waals surface area contributed by atoms with E-state index in [0.29, 0.717) is 36.8 Å². The number of benzene rings is 1. The summed E-state index contributed by atoms with van der Waals surface area (Å²) in [4.78, 5) is 26.4. The molecule has 1 atom stereocenters. The highest BCUT2D eigenvalue weighted by atomic mass is 35.5. The van der Waals surface area contributed by atoms with Crippen molar-refractivity contribution in [2.45, 2.75) is 38.7 Å². The Morgan fingerprint density at radius 2 is 2.00 bits per heavy atom. The summed E-state index contributed by atoms with van der Waals surface area (Å²) in [6.07, 6.45) is 0.940. The van der Waals surface area contributed by atoms with Gasteiger partial charge in [0.25, 0.3) is 0 Å². The van der Waals surface area contributed by atoms with Gasteiger partial charge in [-0.1, -0.05) is 11.6 Å². The van der Waals surface area contributed by atoms with Crippen molar-refractivity contribution in [3.05, 3.63) is 46.2 Å². The number of carbonyl (C=O) groups is 2. The van der Waals surface area contributed by atoms with Crippen molar-refractivity contribution in [2.75, 3.05) is 26.3 Å². The number of carbonyl (C=O) groups excluding carboxylic acids is 2. The molecule has 1 fully saturated rings. The lowest BCUT2D eigenvalue weighted by Crippen LogP contribution is -2.58. The standard InChI is InChI=1S/C22H29ClN4O4/c1-15-19(16(2)26(3)25-15)8-9-21(29)27-10-11-31-22(13-27,12-20(24)28)14-30-18-6-4-17(23)5-7-18/h4-7H,8-14H2,1-3H3,(H2,24,28)/t22-/m1/s1. The zero-order valence-corrected chi connectivity index (χ0v) is 18.9. The average molecular weight is 449 g/mol. The number of primary amides is 1. The minimum absolute atomic E-state index is 0.00583. The predicted molar refractivity (Wildman–Crippen MR) is 117 cm³/mol. The van der Waals surface area contributed by atoms with E-state index in [-0.39, 0.29) is 25.5 Å². The van der Waals surface area contributed by atoms with Crippen LogP contribution in [0.25, 0.3) is 0 Å². The molecule has 2 amide bonds. The van der Waals surface area contributed by atoms with Crippen LogP contribution in [-0.2, 0) is 27.8 Å². The van der Waals surface area contributed by atoms with Crippen LogP contribution in [0.2, 0.25) is 5.02 Å².